The quantitative estimate of drug-likeness (QED) is 0.476. The lowest BCUT2D eigenvalue weighted by Gasteiger charge is -2.29. The second-order valence-electron chi connectivity index (χ2n) is 7.31. The van der Waals surface area contributed by atoms with Crippen LogP contribution in [0.2, 0.25) is 0 Å². The summed E-state index contributed by atoms with van der Waals surface area (Å²) in [4.78, 5) is 4.64. The molecular weight excluding hydrogens is 423 g/mol. The number of aromatic nitrogens is 3. The van der Waals surface area contributed by atoms with Gasteiger partial charge in [-0.1, -0.05) is 18.2 Å². The zero-order chi connectivity index (χ0) is 20.7. The van der Waals surface area contributed by atoms with E-state index in [1.165, 1.54) is 23.5 Å². The molecule has 0 N–H and O–H groups in total. The van der Waals surface area contributed by atoms with Crippen LogP contribution >= 0.6 is 11.3 Å². The highest BCUT2D eigenvalue weighted by Gasteiger charge is 2.32. The van der Waals surface area contributed by atoms with Gasteiger partial charge >= 0.3 is 0 Å². The third kappa shape index (κ3) is 3.53. The minimum absolute atomic E-state index is 0.109. The van der Waals surface area contributed by atoms with E-state index in [9.17, 15) is 12.8 Å². The number of thiophene rings is 1. The molecule has 0 radical (unpaired) electrons. The Kier molecular flexibility index (Phi) is 4.88. The van der Waals surface area contributed by atoms with Crippen LogP contribution in [0.4, 0.5) is 4.39 Å². The third-order valence-corrected chi connectivity index (χ3v) is 8.69. The van der Waals surface area contributed by atoms with E-state index in [1.54, 1.807) is 32.4 Å². The van der Waals surface area contributed by atoms with E-state index in [2.05, 4.69) is 10.1 Å². The van der Waals surface area contributed by atoms with Crippen molar-refractivity contribution in [3.63, 3.8) is 0 Å². The Morgan fingerprint density at radius 3 is 2.60 bits per heavy atom. The summed E-state index contributed by atoms with van der Waals surface area (Å²) in [5, 5.41) is 6.40. The standard InChI is InChI=1S/C21H19FN4O2S2/c22-18-4-1-3-16(13-18)17-6-7-19-23-21(24-26(19)14-17)15-8-10-25(11-9-15)30(27,28)20-5-2-12-29-20/h1-7,12-15H,8-11H2. The number of hydrogen-bond acceptors (Lipinski definition) is 5. The van der Waals surface area contributed by atoms with Crippen LogP contribution in [-0.2, 0) is 10.0 Å². The number of rotatable bonds is 4. The third-order valence-electron chi connectivity index (χ3n) is 5.41. The number of fused-ring (bicyclic) bond motifs is 1. The Bertz CT molecular complexity index is 1290. The van der Waals surface area contributed by atoms with Gasteiger partial charge in [-0.05, 0) is 54.1 Å². The van der Waals surface area contributed by atoms with Crippen molar-refractivity contribution in [1.29, 1.82) is 0 Å². The van der Waals surface area contributed by atoms with Crippen molar-refractivity contribution in [1.82, 2.24) is 18.9 Å². The zero-order valence-electron chi connectivity index (χ0n) is 16.0. The van der Waals surface area contributed by atoms with Crippen LogP contribution in [0.3, 0.4) is 0 Å². The van der Waals surface area contributed by atoms with Crippen LogP contribution in [-0.4, -0.2) is 40.4 Å². The second kappa shape index (κ2) is 7.57. The van der Waals surface area contributed by atoms with Gasteiger partial charge in [0.2, 0.25) is 0 Å². The van der Waals surface area contributed by atoms with Crippen LogP contribution in [0.1, 0.15) is 24.6 Å². The molecule has 0 spiro atoms. The Balaban J connectivity index is 1.35. The first-order valence-corrected chi connectivity index (χ1v) is 12.0. The Hall–Kier alpha value is -2.62. The Morgan fingerprint density at radius 2 is 1.87 bits per heavy atom. The summed E-state index contributed by atoms with van der Waals surface area (Å²) in [6.07, 6.45) is 3.20. The first-order chi connectivity index (χ1) is 14.5. The SMILES string of the molecule is O=S(=O)(c1cccs1)N1CCC(c2nc3ccc(-c4cccc(F)c4)cn3n2)CC1. The molecule has 1 fully saturated rings. The molecule has 0 aliphatic carbocycles. The van der Waals surface area contributed by atoms with Gasteiger partial charge in [0, 0.05) is 30.8 Å². The van der Waals surface area contributed by atoms with Gasteiger partial charge in [-0.3, -0.25) is 0 Å². The maximum Gasteiger partial charge on any atom is 0.252 e. The zero-order valence-corrected chi connectivity index (χ0v) is 17.6. The van der Waals surface area contributed by atoms with Gasteiger partial charge in [-0.15, -0.1) is 11.3 Å². The molecule has 3 aromatic heterocycles. The Morgan fingerprint density at radius 1 is 1.03 bits per heavy atom. The molecule has 5 rings (SSSR count). The van der Waals surface area contributed by atoms with Gasteiger partial charge < -0.3 is 0 Å². The molecule has 154 valence electrons. The van der Waals surface area contributed by atoms with Gasteiger partial charge in [0.15, 0.2) is 11.5 Å². The highest BCUT2D eigenvalue weighted by molar-refractivity contribution is 7.91. The van der Waals surface area contributed by atoms with Crippen LogP contribution < -0.4 is 0 Å². The molecule has 0 bridgehead atoms. The fraction of sp³-hybridized carbons (Fsp3) is 0.238. The summed E-state index contributed by atoms with van der Waals surface area (Å²) in [6, 6.07) is 13.6. The van der Waals surface area contributed by atoms with Crippen molar-refractivity contribution in [2.45, 2.75) is 23.0 Å². The van der Waals surface area contributed by atoms with Crippen molar-refractivity contribution in [3.8, 4) is 11.1 Å². The topological polar surface area (TPSA) is 67.6 Å². The van der Waals surface area contributed by atoms with Crippen molar-refractivity contribution in [2.75, 3.05) is 13.1 Å². The normalized spacial score (nSPS) is 16.3. The Labute approximate surface area is 177 Å². The van der Waals surface area contributed by atoms with Crippen LogP contribution in [0.5, 0.6) is 0 Å². The highest BCUT2D eigenvalue weighted by atomic mass is 32.2. The maximum absolute atomic E-state index is 13.5. The van der Waals surface area contributed by atoms with E-state index in [1.807, 2.05) is 24.4 Å². The predicted octanol–water partition coefficient (Wildman–Crippen LogP) is 4.17. The molecule has 4 heterocycles. The number of hydrogen-bond donors (Lipinski definition) is 0. The molecule has 1 aliphatic heterocycles. The molecule has 6 nitrogen and oxygen atoms in total. The molecule has 1 aliphatic rings. The molecule has 1 aromatic carbocycles. The number of benzene rings is 1. The van der Waals surface area contributed by atoms with Crippen molar-refractivity contribution in [3.05, 3.63) is 71.7 Å². The summed E-state index contributed by atoms with van der Waals surface area (Å²) in [6.45, 7) is 0.907. The molecule has 1 saturated heterocycles. The molecule has 4 aromatic rings. The van der Waals surface area contributed by atoms with Crippen molar-refractivity contribution in [2.24, 2.45) is 0 Å². The van der Waals surface area contributed by atoms with Gasteiger partial charge in [-0.2, -0.15) is 9.40 Å². The van der Waals surface area contributed by atoms with E-state index >= 15 is 0 Å². The lowest BCUT2D eigenvalue weighted by molar-refractivity contribution is 0.314. The fourth-order valence-corrected chi connectivity index (χ4v) is 6.42. The van der Waals surface area contributed by atoms with E-state index in [0.717, 1.165) is 22.6 Å². The second-order valence-corrected chi connectivity index (χ2v) is 10.4. The summed E-state index contributed by atoms with van der Waals surface area (Å²) in [7, 11) is -3.41. The summed E-state index contributed by atoms with van der Waals surface area (Å²) < 4.78 is 42.6. The molecule has 9 heteroatoms. The number of nitrogens with zero attached hydrogens (tertiary/aromatic N) is 4. The molecule has 0 unspecified atom stereocenters. The number of pyridine rings is 1. The summed E-state index contributed by atoms with van der Waals surface area (Å²) in [5.41, 5.74) is 2.36. The minimum atomic E-state index is -3.41. The van der Waals surface area contributed by atoms with Crippen molar-refractivity contribution >= 4 is 27.0 Å². The van der Waals surface area contributed by atoms with Gasteiger partial charge in [0.05, 0.1) is 0 Å². The van der Waals surface area contributed by atoms with Gasteiger partial charge in [0.25, 0.3) is 10.0 Å². The average molecular weight is 443 g/mol. The fourth-order valence-electron chi connectivity index (χ4n) is 3.80. The maximum atomic E-state index is 13.5. The first-order valence-electron chi connectivity index (χ1n) is 9.67. The van der Waals surface area contributed by atoms with Gasteiger partial charge in [0.1, 0.15) is 10.0 Å². The van der Waals surface area contributed by atoms with Crippen molar-refractivity contribution < 1.29 is 12.8 Å². The van der Waals surface area contributed by atoms with Crippen LogP contribution in [0.25, 0.3) is 16.8 Å². The summed E-state index contributed by atoms with van der Waals surface area (Å²) >= 11 is 1.24. The van der Waals surface area contributed by atoms with Crippen LogP contribution in [0.15, 0.2) is 64.3 Å². The smallest absolute Gasteiger partial charge is 0.220 e. The monoisotopic (exact) mass is 442 g/mol. The number of piperidine rings is 1. The molecular formula is C21H19FN4O2S2. The minimum Gasteiger partial charge on any atom is -0.220 e. The summed E-state index contributed by atoms with van der Waals surface area (Å²) in [5.74, 6) is 0.549. The van der Waals surface area contributed by atoms with E-state index in [-0.39, 0.29) is 11.7 Å². The van der Waals surface area contributed by atoms with E-state index in [0.29, 0.717) is 30.1 Å². The van der Waals surface area contributed by atoms with Crippen LogP contribution in [0, 0.1) is 5.82 Å². The molecule has 0 saturated carbocycles. The number of halogens is 1. The largest absolute Gasteiger partial charge is 0.252 e. The molecule has 0 atom stereocenters. The first kappa shape index (κ1) is 19.3. The lowest BCUT2D eigenvalue weighted by atomic mass is 9.98. The molecule has 0 amide bonds. The molecule has 30 heavy (non-hydrogen) atoms. The van der Waals surface area contributed by atoms with E-state index in [4.69, 9.17) is 0 Å². The lowest BCUT2D eigenvalue weighted by Crippen LogP contribution is -2.37. The highest BCUT2D eigenvalue weighted by Crippen LogP contribution is 2.31. The van der Waals surface area contributed by atoms with Gasteiger partial charge in [-0.25, -0.2) is 22.3 Å². The number of sulfonamides is 1. The van der Waals surface area contributed by atoms with E-state index < -0.39 is 10.0 Å². The predicted molar refractivity (Wildman–Crippen MR) is 113 cm³/mol. The average Bonchev–Trinajstić information content (AvgIpc) is 3.44.